The molecule has 1 fully saturated rings. The van der Waals surface area contributed by atoms with Crippen molar-refractivity contribution < 1.29 is 23.5 Å². The number of rotatable bonds is 11. The molecule has 1 saturated carbocycles. The van der Waals surface area contributed by atoms with Crippen LogP contribution in [0.25, 0.3) is 0 Å². The molecule has 0 bridgehead atoms. The molecule has 0 heterocycles. The van der Waals surface area contributed by atoms with Gasteiger partial charge in [0.05, 0.1) is 24.4 Å². The van der Waals surface area contributed by atoms with Gasteiger partial charge in [-0.25, -0.2) is 0 Å². The Labute approximate surface area is 206 Å². The number of carboxylic acid groups (broad SMARTS) is 1. The normalized spacial score (nSPS) is 26.3. The maximum absolute atomic E-state index is 10.8. The Kier molecular flexibility index (Phi) is 10.9. The minimum Gasteiger partial charge on any atom is -0.481 e. The van der Waals surface area contributed by atoms with Gasteiger partial charge in [0.25, 0.3) is 0 Å². The SMILES string of the molecule is CC(CCCCC(=O)O)O[C@@H]1C[C@@H](C)[C@H](O[Si](C)(C)C(C)(C)C)C[C@H]1O[Si](C)(C)C(C)(C)C. The first kappa shape index (κ1) is 30.8. The fourth-order valence-electron chi connectivity index (χ4n) is 3.90. The van der Waals surface area contributed by atoms with Gasteiger partial charge in [0.2, 0.25) is 0 Å². The molecule has 1 aliphatic rings. The van der Waals surface area contributed by atoms with Gasteiger partial charge in [0.1, 0.15) is 0 Å². The summed E-state index contributed by atoms with van der Waals surface area (Å²) in [4.78, 5) is 10.8. The predicted octanol–water partition coefficient (Wildman–Crippen LogP) is 7.62. The van der Waals surface area contributed by atoms with Gasteiger partial charge in [-0.2, -0.15) is 0 Å². The third kappa shape index (κ3) is 9.39. The number of carbonyl (C=O) groups is 1. The van der Waals surface area contributed by atoms with Crippen molar-refractivity contribution in [3.63, 3.8) is 0 Å². The average Bonchev–Trinajstić information content (AvgIpc) is 2.60. The first-order chi connectivity index (χ1) is 14.8. The number of hydrogen-bond acceptors (Lipinski definition) is 4. The number of unbranched alkanes of at least 4 members (excludes halogenated alkanes) is 1. The number of aliphatic carboxylic acids is 1. The lowest BCUT2D eigenvalue weighted by Gasteiger charge is -2.49. The Morgan fingerprint density at radius 3 is 1.82 bits per heavy atom. The molecular weight excluding hydrogens is 448 g/mol. The van der Waals surface area contributed by atoms with Crippen LogP contribution in [0.1, 0.15) is 93.9 Å². The molecule has 0 aromatic carbocycles. The summed E-state index contributed by atoms with van der Waals surface area (Å²) in [5.74, 6) is -0.303. The largest absolute Gasteiger partial charge is 0.481 e. The van der Waals surface area contributed by atoms with Crippen LogP contribution in [0, 0.1) is 5.92 Å². The van der Waals surface area contributed by atoms with Crippen molar-refractivity contribution in [3.8, 4) is 0 Å². The highest BCUT2D eigenvalue weighted by atomic mass is 28.4. The van der Waals surface area contributed by atoms with Crippen LogP contribution in [0.5, 0.6) is 0 Å². The molecule has 0 radical (unpaired) electrons. The van der Waals surface area contributed by atoms with E-state index in [0.717, 1.165) is 25.7 Å². The molecule has 0 spiro atoms. The molecule has 0 aliphatic heterocycles. The maximum atomic E-state index is 10.8. The molecule has 5 atom stereocenters. The molecular formula is C26H54O5Si2. The summed E-state index contributed by atoms with van der Waals surface area (Å²) in [6, 6.07) is 0. The molecule has 1 N–H and O–H groups in total. The highest BCUT2D eigenvalue weighted by Gasteiger charge is 2.47. The summed E-state index contributed by atoms with van der Waals surface area (Å²) < 4.78 is 20.5. The molecule has 196 valence electrons. The summed E-state index contributed by atoms with van der Waals surface area (Å²) in [5.41, 5.74) is 0. The molecule has 0 aromatic heterocycles. The summed E-state index contributed by atoms with van der Waals surface area (Å²) in [6.07, 6.45) is 4.92. The summed E-state index contributed by atoms with van der Waals surface area (Å²) >= 11 is 0. The van der Waals surface area contributed by atoms with Crippen molar-refractivity contribution in [2.75, 3.05) is 0 Å². The van der Waals surface area contributed by atoms with E-state index in [2.05, 4.69) is 81.6 Å². The third-order valence-corrected chi connectivity index (χ3v) is 17.3. The first-order valence-electron chi connectivity index (χ1n) is 13.0. The summed E-state index contributed by atoms with van der Waals surface area (Å²) in [7, 11) is -3.84. The zero-order valence-electron chi connectivity index (χ0n) is 23.7. The van der Waals surface area contributed by atoms with E-state index in [1.165, 1.54) is 0 Å². The molecule has 33 heavy (non-hydrogen) atoms. The van der Waals surface area contributed by atoms with E-state index in [-0.39, 0.29) is 40.9 Å². The van der Waals surface area contributed by atoms with E-state index >= 15 is 0 Å². The van der Waals surface area contributed by atoms with Crippen LogP contribution in [-0.2, 0) is 18.4 Å². The smallest absolute Gasteiger partial charge is 0.303 e. The third-order valence-electron chi connectivity index (χ3n) is 8.28. The van der Waals surface area contributed by atoms with Crippen LogP contribution >= 0.6 is 0 Å². The minimum atomic E-state index is -1.97. The highest BCUT2D eigenvalue weighted by Crippen LogP contribution is 2.44. The predicted molar refractivity (Wildman–Crippen MR) is 143 cm³/mol. The van der Waals surface area contributed by atoms with Gasteiger partial charge in [-0.1, -0.05) is 54.9 Å². The van der Waals surface area contributed by atoms with Gasteiger partial charge in [-0.05, 0) is 68.4 Å². The molecule has 1 unspecified atom stereocenters. The van der Waals surface area contributed by atoms with Gasteiger partial charge < -0.3 is 18.7 Å². The monoisotopic (exact) mass is 502 g/mol. The molecule has 5 nitrogen and oxygen atoms in total. The summed E-state index contributed by atoms with van der Waals surface area (Å²) in [6.45, 7) is 27.5. The molecule has 0 aromatic rings. The Morgan fingerprint density at radius 2 is 1.36 bits per heavy atom. The Bertz CT molecular complexity index is 621. The van der Waals surface area contributed by atoms with Crippen LogP contribution in [0.3, 0.4) is 0 Å². The number of carboxylic acids is 1. The standard InChI is InChI=1S/C26H54O5Si2/c1-19-17-22(29-20(2)15-13-14-16-24(27)28)23(31-33(11,12)26(6,7)8)18-21(19)30-32(9,10)25(3,4)5/h19-23H,13-18H2,1-12H3,(H,27,28)/t19-,20?,21-,22-,23-/m1/s1. The summed E-state index contributed by atoms with van der Waals surface area (Å²) in [5, 5.41) is 9.20. The van der Waals surface area contributed by atoms with Crippen LogP contribution in [-0.4, -0.2) is 52.1 Å². The highest BCUT2D eigenvalue weighted by molar-refractivity contribution is 6.74. The van der Waals surface area contributed by atoms with E-state index in [4.69, 9.17) is 18.7 Å². The fourth-order valence-corrected chi connectivity index (χ4v) is 6.70. The van der Waals surface area contributed by atoms with Crippen LogP contribution in [0.4, 0.5) is 0 Å². The lowest BCUT2D eigenvalue weighted by atomic mass is 9.84. The topological polar surface area (TPSA) is 65.0 Å². The second-order valence-corrected chi connectivity index (χ2v) is 22.9. The molecule has 7 heteroatoms. The quantitative estimate of drug-likeness (QED) is 0.232. The fraction of sp³-hybridized carbons (Fsp3) is 0.962. The Balaban J connectivity index is 2.97. The second-order valence-electron chi connectivity index (χ2n) is 13.4. The van der Waals surface area contributed by atoms with Gasteiger partial charge in [-0.3, -0.25) is 4.79 Å². The van der Waals surface area contributed by atoms with Crippen molar-refractivity contribution in [2.24, 2.45) is 5.92 Å². The lowest BCUT2D eigenvalue weighted by Crippen LogP contribution is -2.55. The van der Waals surface area contributed by atoms with Gasteiger partial charge in [0, 0.05) is 12.8 Å². The first-order valence-corrected chi connectivity index (χ1v) is 18.8. The van der Waals surface area contributed by atoms with E-state index in [1.54, 1.807) is 0 Å². The maximum Gasteiger partial charge on any atom is 0.303 e. The Hall–Kier alpha value is -0.216. The van der Waals surface area contributed by atoms with Crippen LogP contribution < -0.4 is 0 Å². The molecule has 1 rings (SSSR count). The van der Waals surface area contributed by atoms with Crippen molar-refractivity contribution in [1.82, 2.24) is 0 Å². The molecule has 0 saturated heterocycles. The van der Waals surface area contributed by atoms with E-state index < -0.39 is 22.6 Å². The van der Waals surface area contributed by atoms with E-state index in [1.807, 2.05) is 0 Å². The van der Waals surface area contributed by atoms with Gasteiger partial charge in [0.15, 0.2) is 16.6 Å². The van der Waals surface area contributed by atoms with Gasteiger partial charge in [-0.15, -0.1) is 0 Å². The van der Waals surface area contributed by atoms with Crippen molar-refractivity contribution in [3.05, 3.63) is 0 Å². The zero-order chi connectivity index (χ0) is 25.8. The van der Waals surface area contributed by atoms with Crippen LogP contribution in [0.15, 0.2) is 0 Å². The number of ether oxygens (including phenoxy) is 1. The van der Waals surface area contributed by atoms with Crippen molar-refractivity contribution >= 4 is 22.6 Å². The minimum absolute atomic E-state index is 0.0401. The Morgan fingerprint density at radius 1 is 0.879 bits per heavy atom. The average molecular weight is 503 g/mol. The lowest BCUT2D eigenvalue weighted by molar-refractivity contribution is -0.137. The van der Waals surface area contributed by atoms with Gasteiger partial charge >= 0.3 is 5.97 Å². The molecule has 0 amide bonds. The van der Waals surface area contributed by atoms with E-state index in [0.29, 0.717) is 12.3 Å². The second kappa shape index (κ2) is 11.7. The molecule has 1 aliphatic carbocycles. The van der Waals surface area contributed by atoms with Crippen LogP contribution in [0.2, 0.25) is 36.3 Å². The zero-order valence-corrected chi connectivity index (χ0v) is 25.7. The van der Waals surface area contributed by atoms with E-state index in [9.17, 15) is 4.79 Å². The van der Waals surface area contributed by atoms with Crippen molar-refractivity contribution in [1.29, 1.82) is 0 Å². The van der Waals surface area contributed by atoms with Crippen molar-refractivity contribution in [2.45, 2.75) is 155 Å². The number of hydrogen-bond donors (Lipinski definition) is 1.